The number of carbonyl (C=O) groups excluding carboxylic acids is 1. The van der Waals surface area contributed by atoms with Crippen molar-refractivity contribution in [3.05, 3.63) is 30.3 Å². The number of amides is 1. The van der Waals surface area contributed by atoms with Gasteiger partial charge >= 0.3 is 5.97 Å². The molecule has 0 aromatic heterocycles. The van der Waals surface area contributed by atoms with Gasteiger partial charge in [-0.1, -0.05) is 18.2 Å². The lowest BCUT2D eigenvalue weighted by atomic mass is 9.97. The van der Waals surface area contributed by atoms with Gasteiger partial charge in [-0.05, 0) is 25.0 Å². The highest BCUT2D eigenvalue weighted by atomic mass is 32.2. The lowest BCUT2D eigenvalue weighted by Crippen LogP contribution is -2.53. The third kappa shape index (κ3) is 3.89. The summed E-state index contributed by atoms with van der Waals surface area (Å²) >= 11 is 0. The smallest absolute Gasteiger partial charge is 0.334 e. The minimum absolute atomic E-state index is 0.00387. The van der Waals surface area contributed by atoms with E-state index in [1.54, 1.807) is 30.3 Å². The van der Waals surface area contributed by atoms with E-state index in [1.807, 2.05) is 0 Å². The first-order chi connectivity index (χ1) is 12.4. The Morgan fingerprint density at radius 1 is 1.12 bits per heavy atom. The molecule has 2 aliphatic heterocycles. The molecule has 0 radical (unpaired) electrons. The number of carboxylic acid groups (broad SMARTS) is 1. The third-order valence-electron chi connectivity index (χ3n) is 4.77. The monoisotopic (exact) mass is 382 g/mol. The molecule has 9 heteroatoms. The van der Waals surface area contributed by atoms with Gasteiger partial charge in [0.25, 0.3) is 0 Å². The second-order valence-electron chi connectivity index (χ2n) is 6.50. The number of nitrogens with zero attached hydrogens (tertiary/aromatic N) is 2. The average Bonchev–Trinajstić information content (AvgIpc) is 2.68. The first-order valence-electron chi connectivity index (χ1n) is 8.58. The number of rotatable bonds is 4. The SMILES string of the molecule is O=C(O)C1CN(C(=O)C2CCCN(S(=O)(=O)c3ccccc3)C2)CCO1. The topological polar surface area (TPSA) is 104 Å². The number of carbonyl (C=O) groups is 2. The molecule has 2 heterocycles. The van der Waals surface area contributed by atoms with Crippen LogP contribution < -0.4 is 0 Å². The van der Waals surface area contributed by atoms with E-state index in [0.29, 0.717) is 25.9 Å². The quantitative estimate of drug-likeness (QED) is 0.808. The van der Waals surface area contributed by atoms with Gasteiger partial charge in [0.15, 0.2) is 6.10 Å². The summed E-state index contributed by atoms with van der Waals surface area (Å²) in [4.78, 5) is 25.6. The highest BCUT2D eigenvalue weighted by Crippen LogP contribution is 2.25. The van der Waals surface area contributed by atoms with Crippen molar-refractivity contribution < 1.29 is 27.9 Å². The molecule has 1 N–H and O–H groups in total. The molecule has 0 spiro atoms. The van der Waals surface area contributed by atoms with Crippen molar-refractivity contribution in [2.45, 2.75) is 23.8 Å². The number of hydrogen-bond acceptors (Lipinski definition) is 5. The Kier molecular flexibility index (Phi) is 5.59. The number of aliphatic carboxylic acids is 1. The molecule has 2 aliphatic rings. The summed E-state index contributed by atoms with van der Waals surface area (Å²) in [5.74, 6) is -1.76. The molecule has 26 heavy (non-hydrogen) atoms. The van der Waals surface area contributed by atoms with Gasteiger partial charge in [-0.3, -0.25) is 4.79 Å². The summed E-state index contributed by atoms with van der Waals surface area (Å²) in [7, 11) is -3.64. The van der Waals surface area contributed by atoms with Crippen LogP contribution >= 0.6 is 0 Å². The summed E-state index contributed by atoms with van der Waals surface area (Å²) in [5.41, 5.74) is 0. The van der Waals surface area contributed by atoms with Gasteiger partial charge in [0, 0.05) is 19.6 Å². The fourth-order valence-electron chi connectivity index (χ4n) is 3.36. The van der Waals surface area contributed by atoms with Gasteiger partial charge in [-0.2, -0.15) is 4.31 Å². The van der Waals surface area contributed by atoms with Gasteiger partial charge in [0.1, 0.15) is 0 Å². The predicted octanol–water partition coefficient (Wildman–Crippen LogP) is 0.399. The fourth-order valence-corrected chi connectivity index (χ4v) is 4.91. The number of hydrogen-bond donors (Lipinski definition) is 1. The molecule has 2 unspecified atom stereocenters. The Labute approximate surface area is 152 Å². The second kappa shape index (κ2) is 7.73. The van der Waals surface area contributed by atoms with E-state index in [4.69, 9.17) is 9.84 Å². The van der Waals surface area contributed by atoms with Crippen molar-refractivity contribution in [2.75, 3.05) is 32.8 Å². The summed E-state index contributed by atoms with van der Waals surface area (Å²) in [5, 5.41) is 9.07. The normalized spacial score (nSPS) is 25.0. The Hall–Kier alpha value is -1.97. The van der Waals surface area contributed by atoms with Crippen LogP contribution in [-0.4, -0.2) is 73.5 Å². The zero-order valence-corrected chi connectivity index (χ0v) is 15.1. The van der Waals surface area contributed by atoms with Crippen LogP contribution in [0.2, 0.25) is 0 Å². The minimum atomic E-state index is -3.64. The van der Waals surface area contributed by atoms with Crippen LogP contribution in [-0.2, 0) is 24.3 Å². The zero-order valence-electron chi connectivity index (χ0n) is 14.3. The van der Waals surface area contributed by atoms with Gasteiger partial charge in [-0.15, -0.1) is 0 Å². The Balaban J connectivity index is 1.70. The number of benzene rings is 1. The van der Waals surface area contributed by atoms with Gasteiger partial charge in [0.05, 0.1) is 24.0 Å². The first kappa shape index (κ1) is 18.8. The van der Waals surface area contributed by atoms with Crippen LogP contribution in [0.4, 0.5) is 0 Å². The lowest BCUT2D eigenvalue weighted by Gasteiger charge is -2.37. The van der Waals surface area contributed by atoms with Crippen molar-refractivity contribution in [3.8, 4) is 0 Å². The standard InChI is InChI=1S/C17H22N2O6S/c20-16(18-9-10-25-15(12-18)17(21)22)13-5-4-8-19(11-13)26(23,24)14-6-2-1-3-7-14/h1-3,6-7,13,15H,4-5,8-12H2,(H,21,22). The molecule has 3 rings (SSSR count). The summed E-state index contributed by atoms with van der Waals surface area (Å²) < 4.78 is 32.0. The van der Waals surface area contributed by atoms with Crippen molar-refractivity contribution in [3.63, 3.8) is 0 Å². The van der Waals surface area contributed by atoms with Crippen molar-refractivity contribution in [1.82, 2.24) is 9.21 Å². The Morgan fingerprint density at radius 3 is 2.54 bits per heavy atom. The van der Waals surface area contributed by atoms with Crippen LogP contribution in [0.15, 0.2) is 35.2 Å². The highest BCUT2D eigenvalue weighted by Gasteiger charge is 2.37. The maximum Gasteiger partial charge on any atom is 0.334 e. The maximum atomic E-state index is 12.8. The molecular weight excluding hydrogens is 360 g/mol. The number of morpholine rings is 1. The van der Waals surface area contributed by atoms with Crippen LogP contribution in [0.1, 0.15) is 12.8 Å². The van der Waals surface area contributed by atoms with Crippen LogP contribution in [0.5, 0.6) is 0 Å². The fraction of sp³-hybridized carbons (Fsp3) is 0.529. The molecule has 1 aromatic rings. The van der Waals surface area contributed by atoms with Crippen LogP contribution in [0.25, 0.3) is 0 Å². The molecule has 8 nitrogen and oxygen atoms in total. The van der Waals surface area contributed by atoms with E-state index in [-0.39, 0.29) is 30.5 Å². The van der Waals surface area contributed by atoms with E-state index in [2.05, 4.69) is 0 Å². The van der Waals surface area contributed by atoms with E-state index in [1.165, 1.54) is 9.21 Å². The van der Waals surface area contributed by atoms with Gasteiger partial charge in [0.2, 0.25) is 15.9 Å². The first-order valence-corrected chi connectivity index (χ1v) is 10.0. The number of carboxylic acids is 1. The van der Waals surface area contributed by atoms with E-state index < -0.39 is 28.0 Å². The number of sulfonamides is 1. The summed E-state index contributed by atoms with van der Waals surface area (Å²) in [6, 6.07) is 8.16. The van der Waals surface area contributed by atoms with E-state index >= 15 is 0 Å². The third-order valence-corrected chi connectivity index (χ3v) is 6.65. The maximum absolute atomic E-state index is 12.8. The van der Waals surface area contributed by atoms with Crippen molar-refractivity contribution >= 4 is 21.9 Å². The highest BCUT2D eigenvalue weighted by molar-refractivity contribution is 7.89. The molecule has 1 amide bonds. The molecule has 0 saturated carbocycles. The summed E-state index contributed by atoms with van der Waals surface area (Å²) in [6.07, 6.45) is 0.157. The largest absolute Gasteiger partial charge is 0.479 e. The second-order valence-corrected chi connectivity index (χ2v) is 8.44. The minimum Gasteiger partial charge on any atom is -0.479 e. The molecule has 142 valence electrons. The molecule has 2 fully saturated rings. The van der Waals surface area contributed by atoms with E-state index in [0.717, 1.165) is 0 Å². The van der Waals surface area contributed by atoms with Gasteiger partial charge < -0.3 is 14.7 Å². The summed E-state index contributed by atoms with van der Waals surface area (Å²) in [6.45, 7) is 0.981. The van der Waals surface area contributed by atoms with E-state index in [9.17, 15) is 18.0 Å². The van der Waals surface area contributed by atoms with Crippen LogP contribution in [0, 0.1) is 5.92 Å². The van der Waals surface area contributed by atoms with Gasteiger partial charge in [-0.25, -0.2) is 13.2 Å². The lowest BCUT2D eigenvalue weighted by molar-refractivity contribution is -0.160. The Bertz CT molecular complexity index is 767. The molecule has 2 atom stereocenters. The van der Waals surface area contributed by atoms with Crippen molar-refractivity contribution in [1.29, 1.82) is 0 Å². The molecule has 0 aliphatic carbocycles. The average molecular weight is 382 g/mol. The molecule has 0 bridgehead atoms. The molecule has 2 saturated heterocycles. The molecule has 1 aromatic carbocycles. The van der Waals surface area contributed by atoms with Crippen molar-refractivity contribution in [2.24, 2.45) is 5.92 Å². The predicted molar refractivity (Wildman–Crippen MR) is 91.9 cm³/mol. The number of ether oxygens (including phenoxy) is 1. The number of piperidine rings is 1. The van der Waals surface area contributed by atoms with Crippen LogP contribution in [0.3, 0.4) is 0 Å². The zero-order chi connectivity index (χ0) is 18.7. The Morgan fingerprint density at radius 2 is 1.85 bits per heavy atom. The molecular formula is C17H22N2O6S.